The fraction of sp³-hybridized carbons (Fsp3) is 0.667. The maximum absolute atomic E-state index is 12.4. The molecule has 1 unspecified atom stereocenters. The van der Waals surface area contributed by atoms with Gasteiger partial charge in [-0.2, -0.15) is 4.98 Å². The largest absolute Gasteiger partial charge is 0.481 e. The molecular formula is C15H22N4O3. The van der Waals surface area contributed by atoms with Crippen molar-refractivity contribution < 1.29 is 14.3 Å². The smallest absolute Gasteiger partial charge is 0.228 e. The molecule has 2 saturated heterocycles. The van der Waals surface area contributed by atoms with Crippen molar-refractivity contribution in [1.82, 2.24) is 14.9 Å². The summed E-state index contributed by atoms with van der Waals surface area (Å²) in [7, 11) is 1.60. The average Bonchev–Trinajstić information content (AvgIpc) is 3.08. The lowest BCUT2D eigenvalue weighted by Crippen LogP contribution is -2.51. The lowest BCUT2D eigenvalue weighted by molar-refractivity contribution is -0.135. The van der Waals surface area contributed by atoms with Gasteiger partial charge in [0.15, 0.2) is 0 Å². The van der Waals surface area contributed by atoms with Crippen LogP contribution >= 0.6 is 0 Å². The highest BCUT2D eigenvalue weighted by Crippen LogP contribution is 2.19. The molecule has 22 heavy (non-hydrogen) atoms. The first-order valence-corrected chi connectivity index (χ1v) is 7.68. The molecule has 2 aliphatic heterocycles. The molecule has 7 heteroatoms. The van der Waals surface area contributed by atoms with Crippen LogP contribution in [0, 0.1) is 12.8 Å². The minimum atomic E-state index is 0.0434. The fourth-order valence-corrected chi connectivity index (χ4v) is 2.88. The van der Waals surface area contributed by atoms with Crippen LogP contribution in [0.5, 0.6) is 5.88 Å². The van der Waals surface area contributed by atoms with Crippen LogP contribution in [-0.2, 0) is 9.53 Å². The second kappa shape index (κ2) is 6.48. The van der Waals surface area contributed by atoms with E-state index in [2.05, 4.69) is 14.9 Å². The van der Waals surface area contributed by atoms with E-state index in [4.69, 9.17) is 9.47 Å². The Bertz CT molecular complexity index is 538. The topological polar surface area (TPSA) is 67.8 Å². The third-order valence-electron chi connectivity index (χ3n) is 4.18. The first-order chi connectivity index (χ1) is 10.7. The molecule has 0 N–H and O–H groups in total. The maximum atomic E-state index is 12.4. The highest BCUT2D eigenvalue weighted by atomic mass is 16.5. The van der Waals surface area contributed by atoms with Gasteiger partial charge in [0, 0.05) is 44.5 Å². The molecule has 120 valence electrons. The summed E-state index contributed by atoms with van der Waals surface area (Å²) < 4.78 is 10.5. The van der Waals surface area contributed by atoms with Gasteiger partial charge in [0.25, 0.3) is 0 Å². The van der Waals surface area contributed by atoms with Crippen molar-refractivity contribution in [2.24, 2.45) is 5.92 Å². The molecule has 0 aromatic carbocycles. The Morgan fingerprint density at radius 2 is 2.09 bits per heavy atom. The molecule has 2 aliphatic rings. The molecule has 3 heterocycles. The second-order valence-electron chi connectivity index (χ2n) is 5.72. The van der Waals surface area contributed by atoms with Crippen molar-refractivity contribution in [2.75, 3.05) is 51.4 Å². The molecule has 1 amide bonds. The molecule has 3 rings (SSSR count). The first-order valence-electron chi connectivity index (χ1n) is 7.68. The van der Waals surface area contributed by atoms with E-state index in [1.807, 2.05) is 17.9 Å². The summed E-state index contributed by atoms with van der Waals surface area (Å²) in [6.45, 7) is 6.08. The number of hydrogen-bond acceptors (Lipinski definition) is 6. The van der Waals surface area contributed by atoms with Gasteiger partial charge in [-0.1, -0.05) is 0 Å². The van der Waals surface area contributed by atoms with Crippen LogP contribution in [0.2, 0.25) is 0 Å². The van der Waals surface area contributed by atoms with Crippen molar-refractivity contribution >= 4 is 11.9 Å². The highest BCUT2D eigenvalue weighted by molar-refractivity contribution is 5.79. The third-order valence-corrected chi connectivity index (χ3v) is 4.18. The Balaban J connectivity index is 1.61. The quantitative estimate of drug-likeness (QED) is 0.809. The molecule has 0 spiro atoms. The van der Waals surface area contributed by atoms with E-state index in [0.717, 1.165) is 25.2 Å². The Hall–Kier alpha value is -1.89. The van der Waals surface area contributed by atoms with Crippen LogP contribution < -0.4 is 9.64 Å². The van der Waals surface area contributed by atoms with Gasteiger partial charge in [0.1, 0.15) is 0 Å². The van der Waals surface area contributed by atoms with E-state index < -0.39 is 0 Å². The standard InChI is InChI=1S/C15H22N4O3/c1-11-9-13(21-2)17-15(16-11)19-6-4-18(5-7-19)14(20)12-3-8-22-10-12/h9,12H,3-8,10H2,1-2H3. The molecule has 7 nitrogen and oxygen atoms in total. The lowest BCUT2D eigenvalue weighted by atomic mass is 10.1. The summed E-state index contributed by atoms with van der Waals surface area (Å²) in [4.78, 5) is 25.3. The molecule has 0 saturated carbocycles. The van der Waals surface area contributed by atoms with Gasteiger partial charge in [-0.05, 0) is 13.3 Å². The first kappa shape index (κ1) is 15.0. The van der Waals surface area contributed by atoms with Gasteiger partial charge in [0.2, 0.25) is 17.7 Å². The third kappa shape index (κ3) is 3.14. The minimum absolute atomic E-state index is 0.0434. The van der Waals surface area contributed by atoms with Crippen LogP contribution in [0.15, 0.2) is 6.07 Å². The van der Waals surface area contributed by atoms with Crippen molar-refractivity contribution in [3.63, 3.8) is 0 Å². The van der Waals surface area contributed by atoms with Crippen LogP contribution in [0.3, 0.4) is 0 Å². The summed E-state index contributed by atoms with van der Waals surface area (Å²) in [6.07, 6.45) is 0.844. The number of piperazine rings is 1. The van der Waals surface area contributed by atoms with Crippen LogP contribution in [0.1, 0.15) is 12.1 Å². The zero-order valence-electron chi connectivity index (χ0n) is 13.1. The van der Waals surface area contributed by atoms with Crippen LogP contribution in [-0.4, -0.2) is 67.3 Å². The summed E-state index contributed by atoms with van der Waals surface area (Å²) in [5, 5.41) is 0. The number of amides is 1. The average molecular weight is 306 g/mol. The molecule has 0 radical (unpaired) electrons. The summed E-state index contributed by atoms with van der Waals surface area (Å²) in [6, 6.07) is 1.81. The number of carbonyl (C=O) groups is 1. The number of methoxy groups -OCH3 is 1. The van der Waals surface area contributed by atoms with Gasteiger partial charge >= 0.3 is 0 Å². The SMILES string of the molecule is COc1cc(C)nc(N2CCN(C(=O)C3CCOC3)CC2)n1. The van der Waals surface area contributed by atoms with Gasteiger partial charge < -0.3 is 19.3 Å². The number of carbonyl (C=O) groups excluding carboxylic acids is 1. The minimum Gasteiger partial charge on any atom is -0.481 e. The lowest BCUT2D eigenvalue weighted by Gasteiger charge is -2.35. The number of hydrogen-bond donors (Lipinski definition) is 0. The van der Waals surface area contributed by atoms with Crippen molar-refractivity contribution in [2.45, 2.75) is 13.3 Å². The number of nitrogens with zero attached hydrogens (tertiary/aromatic N) is 4. The summed E-state index contributed by atoms with van der Waals surface area (Å²) in [5.74, 6) is 1.51. The highest BCUT2D eigenvalue weighted by Gasteiger charge is 2.30. The van der Waals surface area contributed by atoms with Crippen LogP contribution in [0.25, 0.3) is 0 Å². The van der Waals surface area contributed by atoms with E-state index in [1.54, 1.807) is 7.11 Å². The molecule has 1 aromatic heterocycles. The molecule has 0 aliphatic carbocycles. The zero-order valence-corrected chi connectivity index (χ0v) is 13.1. The van der Waals surface area contributed by atoms with Crippen molar-refractivity contribution in [3.8, 4) is 5.88 Å². The second-order valence-corrected chi connectivity index (χ2v) is 5.72. The predicted molar refractivity (Wildman–Crippen MR) is 81.0 cm³/mol. The normalized spacial score (nSPS) is 22.0. The predicted octanol–water partition coefficient (Wildman–Crippen LogP) is 0.479. The van der Waals surface area contributed by atoms with E-state index in [-0.39, 0.29) is 11.8 Å². The molecule has 1 aromatic rings. The van der Waals surface area contributed by atoms with Gasteiger partial charge in [0.05, 0.1) is 19.6 Å². The van der Waals surface area contributed by atoms with Gasteiger partial charge in [-0.15, -0.1) is 0 Å². The fourth-order valence-electron chi connectivity index (χ4n) is 2.88. The number of rotatable bonds is 3. The number of ether oxygens (including phenoxy) is 2. The van der Waals surface area contributed by atoms with E-state index in [1.165, 1.54) is 0 Å². The number of anilines is 1. The number of aryl methyl sites for hydroxylation is 1. The molecule has 2 fully saturated rings. The Kier molecular flexibility index (Phi) is 4.42. The van der Waals surface area contributed by atoms with Crippen molar-refractivity contribution in [1.29, 1.82) is 0 Å². The Morgan fingerprint density at radius 3 is 2.73 bits per heavy atom. The van der Waals surface area contributed by atoms with Gasteiger partial charge in [-0.3, -0.25) is 4.79 Å². The van der Waals surface area contributed by atoms with E-state index >= 15 is 0 Å². The number of aromatic nitrogens is 2. The summed E-state index contributed by atoms with van der Waals surface area (Å²) >= 11 is 0. The van der Waals surface area contributed by atoms with Crippen LogP contribution in [0.4, 0.5) is 5.95 Å². The monoisotopic (exact) mass is 306 g/mol. The maximum Gasteiger partial charge on any atom is 0.228 e. The zero-order chi connectivity index (χ0) is 15.5. The Labute approximate surface area is 130 Å². The molecule has 1 atom stereocenters. The van der Waals surface area contributed by atoms with E-state index in [0.29, 0.717) is 38.1 Å². The summed E-state index contributed by atoms with van der Waals surface area (Å²) in [5.41, 5.74) is 0.878. The van der Waals surface area contributed by atoms with E-state index in [9.17, 15) is 4.79 Å². The van der Waals surface area contributed by atoms with Crippen molar-refractivity contribution in [3.05, 3.63) is 11.8 Å². The molecule has 0 bridgehead atoms. The molecular weight excluding hydrogens is 284 g/mol. The van der Waals surface area contributed by atoms with Gasteiger partial charge in [-0.25, -0.2) is 4.98 Å². The Morgan fingerprint density at radius 1 is 1.32 bits per heavy atom.